The summed E-state index contributed by atoms with van der Waals surface area (Å²) in [6, 6.07) is 10.9. The lowest BCUT2D eigenvalue weighted by Gasteiger charge is -2.15. The first-order valence-electron chi connectivity index (χ1n) is 9.34. The van der Waals surface area contributed by atoms with Crippen LogP contribution in [0.15, 0.2) is 41.4 Å². The maximum atomic E-state index is 13.9. The van der Waals surface area contributed by atoms with Gasteiger partial charge < -0.3 is 25.0 Å². The molecule has 2 aromatic carbocycles. The lowest BCUT2D eigenvalue weighted by molar-refractivity contribution is 0.297. The van der Waals surface area contributed by atoms with E-state index in [0.29, 0.717) is 37.8 Å². The summed E-state index contributed by atoms with van der Waals surface area (Å²) >= 11 is 0. The van der Waals surface area contributed by atoms with Crippen molar-refractivity contribution in [3.8, 4) is 11.5 Å². The van der Waals surface area contributed by atoms with Crippen LogP contribution < -0.4 is 20.1 Å². The molecule has 0 amide bonds. The van der Waals surface area contributed by atoms with Gasteiger partial charge in [-0.1, -0.05) is 6.07 Å². The second-order valence-electron chi connectivity index (χ2n) is 6.93. The van der Waals surface area contributed by atoms with E-state index in [1.165, 1.54) is 6.07 Å². The summed E-state index contributed by atoms with van der Waals surface area (Å²) in [5.41, 5.74) is 2.51. The van der Waals surface area contributed by atoms with Crippen LogP contribution >= 0.6 is 24.0 Å². The number of nitrogens with zero attached hydrogens (tertiary/aromatic N) is 2. The molecule has 0 fully saturated rings. The molecule has 158 valence electrons. The smallest absolute Gasteiger partial charge is 0.195 e. The molecule has 0 spiro atoms. The van der Waals surface area contributed by atoms with Gasteiger partial charge in [-0.3, -0.25) is 4.99 Å². The van der Waals surface area contributed by atoms with Crippen LogP contribution in [0, 0.1) is 5.82 Å². The van der Waals surface area contributed by atoms with Crippen LogP contribution in [0.25, 0.3) is 0 Å². The van der Waals surface area contributed by atoms with E-state index in [1.54, 1.807) is 13.1 Å². The fraction of sp³-hybridized carbons (Fsp3) is 0.381. The highest BCUT2D eigenvalue weighted by Gasteiger charge is 2.11. The fourth-order valence-corrected chi connectivity index (χ4v) is 2.94. The number of fused-ring (bicyclic) bond motifs is 1. The third-order valence-corrected chi connectivity index (χ3v) is 4.29. The number of anilines is 1. The van der Waals surface area contributed by atoms with Gasteiger partial charge in [0, 0.05) is 43.9 Å². The summed E-state index contributed by atoms with van der Waals surface area (Å²) in [5.74, 6) is 1.91. The molecular formula is C21H28FIN4O2. The summed E-state index contributed by atoms with van der Waals surface area (Å²) in [6.07, 6.45) is 0.869. The Morgan fingerprint density at radius 2 is 1.86 bits per heavy atom. The molecule has 3 rings (SSSR count). The maximum absolute atomic E-state index is 13.9. The highest BCUT2D eigenvalue weighted by Crippen LogP contribution is 2.32. The summed E-state index contributed by atoms with van der Waals surface area (Å²) in [7, 11) is 5.55. The van der Waals surface area contributed by atoms with Crippen molar-refractivity contribution >= 4 is 35.6 Å². The van der Waals surface area contributed by atoms with Crippen LogP contribution in [-0.2, 0) is 13.1 Å². The van der Waals surface area contributed by atoms with Crippen molar-refractivity contribution < 1.29 is 13.9 Å². The number of benzene rings is 2. The summed E-state index contributed by atoms with van der Waals surface area (Å²) < 4.78 is 25.3. The predicted octanol–water partition coefficient (Wildman–Crippen LogP) is 3.85. The van der Waals surface area contributed by atoms with Crippen molar-refractivity contribution in [2.24, 2.45) is 4.99 Å². The Labute approximate surface area is 188 Å². The zero-order valence-electron chi connectivity index (χ0n) is 17.0. The van der Waals surface area contributed by atoms with Gasteiger partial charge in [-0.25, -0.2) is 4.39 Å². The second kappa shape index (κ2) is 11.2. The van der Waals surface area contributed by atoms with Crippen LogP contribution in [0.4, 0.5) is 10.1 Å². The van der Waals surface area contributed by atoms with Crippen molar-refractivity contribution in [1.82, 2.24) is 10.2 Å². The third-order valence-electron chi connectivity index (χ3n) is 4.29. The Morgan fingerprint density at radius 1 is 1.10 bits per heavy atom. The van der Waals surface area contributed by atoms with Crippen molar-refractivity contribution in [2.75, 3.05) is 39.7 Å². The Hall–Kier alpha value is -2.07. The highest BCUT2D eigenvalue weighted by atomic mass is 127. The number of aliphatic imine (C=N–C) groups is 1. The normalized spacial score (nSPS) is 13.5. The molecule has 0 bridgehead atoms. The van der Waals surface area contributed by atoms with Crippen molar-refractivity contribution in [2.45, 2.75) is 19.5 Å². The Morgan fingerprint density at radius 3 is 2.59 bits per heavy atom. The lowest BCUT2D eigenvalue weighted by atomic mass is 10.1. The molecule has 0 aromatic heterocycles. The van der Waals surface area contributed by atoms with Crippen molar-refractivity contribution in [3.05, 3.63) is 53.3 Å². The summed E-state index contributed by atoms with van der Waals surface area (Å²) in [6.45, 7) is 2.40. The molecule has 0 aliphatic carbocycles. The number of hydrogen-bond donors (Lipinski definition) is 2. The van der Waals surface area contributed by atoms with Crippen molar-refractivity contribution in [1.29, 1.82) is 0 Å². The average molecular weight is 514 g/mol. The predicted molar refractivity (Wildman–Crippen MR) is 125 cm³/mol. The van der Waals surface area contributed by atoms with Gasteiger partial charge in [-0.05, 0) is 43.9 Å². The van der Waals surface area contributed by atoms with Crippen LogP contribution in [0.1, 0.15) is 17.5 Å². The van der Waals surface area contributed by atoms with Gasteiger partial charge in [0.15, 0.2) is 17.5 Å². The molecule has 0 saturated heterocycles. The van der Waals surface area contributed by atoms with E-state index in [0.717, 1.165) is 29.2 Å². The number of guanidine groups is 1. The first-order chi connectivity index (χ1) is 13.5. The number of ether oxygens (including phenoxy) is 2. The molecule has 2 aromatic rings. The zero-order chi connectivity index (χ0) is 19.9. The summed E-state index contributed by atoms with van der Waals surface area (Å²) in [5, 5.41) is 6.51. The Kier molecular flexibility index (Phi) is 8.97. The minimum absolute atomic E-state index is 0. The zero-order valence-corrected chi connectivity index (χ0v) is 19.3. The topological polar surface area (TPSA) is 58.1 Å². The number of rotatable bonds is 5. The van der Waals surface area contributed by atoms with Gasteiger partial charge in [0.25, 0.3) is 0 Å². The molecule has 8 heteroatoms. The molecule has 1 aliphatic rings. The minimum Gasteiger partial charge on any atom is -0.490 e. The SMILES string of the molecule is CN=C(NCc1ccc(F)c(CN(C)C)c1)Nc1ccc2c(c1)OCCCO2.I. The van der Waals surface area contributed by atoms with Gasteiger partial charge in [0.2, 0.25) is 0 Å². The average Bonchev–Trinajstić information content (AvgIpc) is 2.92. The van der Waals surface area contributed by atoms with E-state index < -0.39 is 0 Å². The standard InChI is InChI=1S/C21H27FN4O2.HI/c1-23-21(24-13-15-5-7-18(22)16(11-15)14-26(2)3)25-17-6-8-19-20(12-17)28-10-4-9-27-19;/h5-8,11-12H,4,9-10,13-14H2,1-3H3,(H2,23,24,25);1H. The van der Waals surface area contributed by atoms with E-state index in [2.05, 4.69) is 15.6 Å². The molecule has 0 atom stereocenters. The monoisotopic (exact) mass is 514 g/mol. The largest absolute Gasteiger partial charge is 0.490 e. The van der Waals surface area contributed by atoms with E-state index in [9.17, 15) is 4.39 Å². The maximum Gasteiger partial charge on any atom is 0.195 e. The quantitative estimate of drug-likeness (QED) is 0.361. The first kappa shape index (κ1) is 23.2. The van der Waals surface area contributed by atoms with Crippen molar-refractivity contribution in [3.63, 3.8) is 0 Å². The molecule has 0 unspecified atom stereocenters. The molecule has 2 N–H and O–H groups in total. The van der Waals surface area contributed by atoms with Gasteiger partial charge in [0.1, 0.15) is 5.82 Å². The molecule has 1 aliphatic heterocycles. The molecular weight excluding hydrogens is 486 g/mol. The van der Waals surface area contributed by atoms with Crippen LogP contribution in [-0.4, -0.2) is 45.2 Å². The van der Waals surface area contributed by atoms with E-state index >= 15 is 0 Å². The Bertz CT molecular complexity index is 845. The minimum atomic E-state index is -0.188. The van der Waals surface area contributed by atoms with Gasteiger partial charge >= 0.3 is 0 Å². The Balaban J connectivity index is 0.00000300. The van der Waals surface area contributed by atoms with E-state index in [4.69, 9.17) is 9.47 Å². The van der Waals surface area contributed by atoms with Gasteiger partial charge in [0.05, 0.1) is 13.2 Å². The van der Waals surface area contributed by atoms with Gasteiger partial charge in [-0.2, -0.15) is 0 Å². The lowest BCUT2D eigenvalue weighted by Crippen LogP contribution is -2.30. The molecule has 0 saturated carbocycles. The van der Waals surface area contributed by atoms with E-state index in [1.807, 2.05) is 43.3 Å². The first-order valence-corrected chi connectivity index (χ1v) is 9.34. The van der Waals surface area contributed by atoms with Crippen LogP contribution in [0.3, 0.4) is 0 Å². The fourth-order valence-electron chi connectivity index (χ4n) is 2.94. The van der Waals surface area contributed by atoms with Crippen LogP contribution in [0.5, 0.6) is 11.5 Å². The van der Waals surface area contributed by atoms with Gasteiger partial charge in [-0.15, -0.1) is 24.0 Å². The summed E-state index contributed by atoms with van der Waals surface area (Å²) in [4.78, 5) is 6.20. The third kappa shape index (κ3) is 6.74. The highest BCUT2D eigenvalue weighted by molar-refractivity contribution is 14.0. The number of hydrogen-bond acceptors (Lipinski definition) is 4. The van der Waals surface area contributed by atoms with E-state index in [-0.39, 0.29) is 29.8 Å². The molecule has 1 heterocycles. The number of halogens is 2. The second-order valence-corrected chi connectivity index (χ2v) is 6.93. The number of nitrogens with one attached hydrogen (secondary N) is 2. The molecule has 0 radical (unpaired) electrons. The molecule has 29 heavy (non-hydrogen) atoms. The molecule has 6 nitrogen and oxygen atoms in total. The van der Waals surface area contributed by atoms with Crippen LogP contribution in [0.2, 0.25) is 0 Å².